The Labute approximate surface area is 170 Å². The Bertz CT molecular complexity index is 887. The highest BCUT2D eigenvalue weighted by Gasteiger charge is 2.30. The van der Waals surface area contributed by atoms with Crippen molar-refractivity contribution in [3.8, 4) is 0 Å². The number of tetrazole rings is 1. The van der Waals surface area contributed by atoms with Gasteiger partial charge in [-0.2, -0.15) is 0 Å². The first-order valence-electron chi connectivity index (χ1n) is 10.3. The van der Waals surface area contributed by atoms with Crippen molar-refractivity contribution < 1.29 is 4.39 Å². The van der Waals surface area contributed by atoms with Crippen LogP contribution in [0, 0.1) is 5.82 Å². The molecule has 6 nitrogen and oxygen atoms in total. The Morgan fingerprint density at radius 1 is 0.966 bits per heavy atom. The zero-order valence-corrected chi connectivity index (χ0v) is 16.8. The number of hydrogen-bond donors (Lipinski definition) is 0. The summed E-state index contributed by atoms with van der Waals surface area (Å²) in [6, 6.07) is 17.2. The number of anilines is 1. The van der Waals surface area contributed by atoms with Crippen molar-refractivity contribution in [2.45, 2.75) is 32.4 Å². The third-order valence-electron chi connectivity index (χ3n) is 5.51. The molecule has 152 valence electrons. The van der Waals surface area contributed by atoms with E-state index in [4.69, 9.17) is 0 Å². The van der Waals surface area contributed by atoms with Gasteiger partial charge in [-0.1, -0.05) is 43.7 Å². The number of halogens is 1. The molecule has 0 spiro atoms. The van der Waals surface area contributed by atoms with Crippen LogP contribution in [0.15, 0.2) is 54.6 Å². The zero-order chi connectivity index (χ0) is 20.1. The van der Waals surface area contributed by atoms with Crippen LogP contribution in [0.1, 0.15) is 37.2 Å². The molecule has 1 unspecified atom stereocenters. The number of benzene rings is 2. The molecule has 1 aliphatic heterocycles. The van der Waals surface area contributed by atoms with Gasteiger partial charge in [-0.15, -0.1) is 5.10 Å². The second-order valence-electron chi connectivity index (χ2n) is 7.43. The van der Waals surface area contributed by atoms with Gasteiger partial charge in [0.2, 0.25) is 0 Å². The van der Waals surface area contributed by atoms with Crippen LogP contribution in [0.5, 0.6) is 0 Å². The maximum atomic E-state index is 13.2. The molecule has 2 heterocycles. The van der Waals surface area contributed by atoms with E-state index >= 15 is 0 Å². The Hall–Kier alpha value is -2.80. The second-order valence-corrected chi connectivity index (χ2v) is 7.43. The van der Waals surface area contributed by atoms with E-state index in [9.17, 15) is 4.39 Å². The molecule has 1 aromatic heterocycles. The van der Waals surface area contributed by atoms with Gasteiger partial charge in [0.05, 0.1) is 6.04 Å². The quantitative estimate of drug-likeness (QED) is 0.614. The van der Waals surface area contributed by atoms with Crippen molar-refractivity contribution in [2.24, 2.45) is 0 Å². The fourth-order valence-electron chi connectivity index (χ4n) is 3.92. The number of rotatable bonds is 7. The molecule has 2 aromatic carbocycles. The third kappa shape index (κ3) is 4.45. The molecule has 0 bridgehead atoms. The van der Waals surface area contributed by atoms with Crippen LogP contribution in [0.4, 0.5) is 10.1 Å². The van der Waals surface area contributed by atoms with E-state index in [1.54, 1.807) is 0 Å². The lowest BCUT2D eigenvalue weighted by Crippen LogP contribution is -2.48. The van der Waals surface area contributed by atoms with Crippen LogP contribution in [-0.2, 0) is 6.54 Å². The number of unbranched alkanes of at least 4 members (excludes halogenated alkanes) is 1. The molecule has 1 saturated heterocycles. The van der Waals surface area contributed by atoms with Crippen molar-refractivity contribution in [1.29, 1.82) is 0 Å². The predicted molar refractivity (Wildman–Crippen MR) is 111 cm³/mol. The van der Waals surface area contributed by atoms with Gasteiger partial charge in [0.25, 0.3) is 0 Å². The lowest BCUT2D eigenvalue weighted by atomic mass is 10.0. The first-order valence-corrected chi connectivity index (χ1v) is 10.3. The molecule has 1 fully saturated rings. The largest absolute Gasteiger partial charge is 0.369 e. The summed E-state index contributed by atoms with van der Waals surface area (Å²) in [5, 5.41) is 12.6. The van der Waals surface area contributed by atoms with Gasteiger partial charge in [-0.25, -0.2) is 9.07 Å². The van der Waals surface area contributed by atoms with E-state index in [1.165, 1.54) is 17.7 Å². The SMILES string of the molecule is CCCCn1nnnc1C(c1ccccc1)N1CCN(c2ccc(F)cc2)CC1. The molecule has 1 aliphatic rings. The summed E-state index contributed by atoms with van der Waals surface area (Å²) in [4.78, 5) is 4.75. The van der Waals surface area contributed by atoms with Gasteiger partial charge in [0, 0.05) is 38.4 Å². The van der Waals surface area contributed by atoms with Crippen molar-refractivity contribution in [3.63, 3.8) is 0 Å². The normalized spacial score (nSPS) is 16.1. The lowest BCUT2D eigenvalue weighted by Gasteiger charge is -2.39. The minimum Gasteiger partial charge on any atom is -0.369 e. The average molecular weight is 394 g/mol. The molecule has 0 N–H and O–H groups in total. The molecular weight excluding hydrogens is 367 g/mol. The zero-order valence-electron chi connectivity index (χ0n) is 16.8. The van der Waals surface area contributed by atoms with Crippen LogP contribution in [0.25, 0.3) is 0 Å². The van der Waals surface area contributed by atoms with E-state index in [0.29, 0.717) is 0 Å². The number of hydrogen-bond acceptors (Lipinski definition) is 5. The molecule has 0 aliphatic carbocycles. The number of nitrogens with zero attached hydrogens (tertiary/aromatic N) is 6. The topological polar surface area (TPSA) is 50.1 Å². The maximum absolute atomic E-state index is 13.2. The van der Waals surface area contributed by atoms with Gasteiger partial charge in [0.1, 0.15) is 5.82 Å². The summed E-state index contributed by atoms with van der Waals surface area (Å²) < 4.78 is 15.2. The van der Waals surface area contributed by atoms with E-state index in [0.717, 1.165) is 57.1 Å². The van der Waals surface area contributed by atoms with Crippen LogP contribution in [0.3, 0.4) is 0 Å². The van der Waals surface area contributed by atoms with Crippen molar-refractivity contribution in [2.75, 3.05) is 31.1 Å². The van der Waals surface area contributed by atoms with Crippen molar-refractivity contribution in [1.82, 2.24) is 25.1 Å². The smallest absolute Gasteiger partial charge is 0.173 e. The van der Waals surface area contributed by atoms with Gasteiger partial charge >= 0.3 is 0 Å². The van der Waals surface area contributed by atoms with E-state index in [2.05, 4.69) is 56.5 Å². The monoisotopic (exact) mass is 394 g/mol. The predicted octanol–water partition coefficient (Wildman–Crippen LogP) is 3.52. The minimum atomic E-state index is -0.199. The number of aryl methyl sites for hydroxylation is 1. The molecular formula is C22H27FN6. The molecule has 0 radical (unpaired) electrons. The molecule has 0 amide bonds. The van der Waals surface area contributed by atoms with Gasteiger partial charge < -0.3 is 4.90 Å². The van der Waals surface area contributed by atoms with E-state index in [1.807, 2.05) is 22.9 Å². The highest BCUT2D eigenvalue weighted by atomic mass is 19.1. The molecule has 3 aromatic rings. The summed E-state index contributed by atoms with van der Waals surface area (Å²) in [5.74, 6) is 0.704. The Morgan fingerprint density at radius 3 is 2.38 bits per heavy atom. The molecule has 4 rings (SSSR count). The van der Waals surface area contributed by atoms with Crippen LogP contribution in [-0.4, -0.2) is 51.3 Å². The molecule has 0 saturated carbocycles. The molecule has 29 heavy (non-hydrogen) atoms. The van der Waals surface area contributed by atoms with E-state index in [-0.39, 0.29) is 11.9 Å². The Morgan fingerprint density at radius 2 is 1.69 bits per heavy atom. The van der Waals surface area contributed by atoms with Gasteiger partial charge in [-0.3, -0.25) is 4.90 Å². The number of piperazine rings is 1. The van der Waals surface area contributed by atoms with E-state index < -0.39 is 0 Å². The second kappa shape index (κ2) is 9.13. The Kier molecular flexibility index (Phi) is 6.14. The first kappa shape index (κ1) is 19.5. The summed E-state index contributed by atoms with van der Waals surface area (Å²) in [6.45, 7) is 6.54. The van der Waals surface area contributed by atoms with Crippen molar-refractivity contribution in [3.05, 3.63) is 71.8 Å². The Balaban J connectivity index is 1.55. The van der Waals surface area contributed by atoms with Crippen molar-refractivity contribution >= 4 is 5.69 Å². The molecule has 7 heteroatoms. The van der Waals surface area contributed by atoms with Gasteiger partial charge in [0.15, 0.2) is 5.82 Å². The summed E-state index contributed by atoms with van der Waals surface area (Å²) >= 11 is 0. The maximum Gasteiger partial charge on any atom is 0.173 e. The highest BCUT2D eigenvalue weighted by Crippen LogP contribution is 2.29. The fraction of sp³-hybridized carbons (Fsp3) is 0.409. The van der Waals surface area contributed by atoms with Crippen LogP contribution >= 0.6 is 0 Å². The standard InChI is InChI=1S/C22H27FN6/c1-2-3-13-29-22(24-25-26-29)21(18-7-5-4-6-8-18)28-16-14-27(15-17-28)20-11-9-19(23)10-12-20/h4-12,21H,2-3,13-17H2,1H3. The molecule has 1 atom stereocenters. The lowest BCUT2D eigenvalue weighted by molar-refractivity contribution is 0.200. The fourth-order valence-corrected chi connectivity index (χ4v) is 3.92. The van der Waals surface area contributed by atoms with Crippen LogP contribution < -0.4 is 4.90 Å². The summed E-state index contributed by atoms with van der Waals surface area (Å²) in [5.41, 5.74) is 2.27. The van der Waals surface area contributed by atoms with Gasteiger partial charge in [-0.05, 0) is 46.7 Å². The first-order chi connectivity index (χ1) is 14.3. The van der Waals surface area contributed by atoms with Crippen LogP contribution in [0.2, 0.25) is 0 Å². The highest BCUT2D eigenvalue weighted by molar-refractivity contribution is 5.46. The third-order valence-corrected chi connectivity index (χ3v) is 5.51. The number of aromatic nitrogens is 4. The average Bonchev–Trinajstić information content (AvgIpc) is 3.22. The summed E-state index contributed by atoms with van der Waals surface area (Å²) in [7, 11) is 0. The summed E-state index contributed by atoms with van der Waals surface area (Å²) in [6.07, 6.45) is 2.16. The minimum absolute atomic E-state index is 0.0263.